The number of nitrogens with one attached hydrogen (secondary N) is 1. The number of para-hydroxylation sites is 1. The fourth-order valence-electron chi connectivity index (χ4n) is 4.18. The van der Waals surface area contributed by atoms with Crippen molar-refractivity contribution in [2.75, 3.05) is 48.0 Å². The van der Waals surface area contributed by atoms with Gasteiger partial charge in [-0.25, -0.2) is 4.98 Å². The number of rotatable bonds is 6. The van der Waals surface area contributed by atoms with E-state index < -0.39 is 5.92 Å². The van der Waals surface area contributed by atoms with Gasteiger partial charge in [0, 0.05) is 31.7 Å². The van der Waals surface area contributed by atoms with E-state index >= 15 is 0 Å². The number of anilines is 3. The summed E-state index contributed by atoms with van der Waals surface area (Å²) < 4.78 is 5.38. The molecule has 7 heteroatoms. The number of aromatic nitrogens is 1. The molecule has 2 aliphatic heterocycles. The number of ether oxygens (including phenoxy) is 1. The van der Waals surface area contributed by atoms with Gasteiger partial charge in [0.1, 0.15) is 5.82 Å². The van der Waals surface area contributed by atoms with Crippen LogP contribution in [0.15, 0.2) is 42.6 Å². The van der Waals surface area contributed by atoms with Crippen LogP contribution in [-0.2, 0) is 14.3 Å². The SMILES string of the molecule is CCC(C)c1ccccc1N1CC(C(=O)Nc2ccc(N3CCOCC3)cn2)CC1=O. The lowest BCUT2D eigenvalue weighted by atomic mass is 9.96. The van der Waals surface area contributed by atoms with E-state index in [0.29, 0.717) is 31.5 Å². The third-order valence-corrected chi connectivity index (χ3v) is 6.24. The summed E-state index contributed by atoms with van der Waals surface area (Å²) in [7, 11) is 0. The van der Waals surface area contributed by atoms with E-state index in [4.69, 9.17) is 4.74 Å². The Labute approximate surface area is 183 Å². The van der Waals surface area contributed by atoms with Gasteiger partial charge in [-0.2, -0.15) is 0 Å². The quantitative estimate of drug-likeness (QED) is 0.772. The molecule has 2 fully saturated rings. The predicted molar refractivity (Wildman–Crippen MR) is 122 cm³/mol. The zero-order chi connectivity index (χ0) is 21.8. The lowest BCUT2D eigenvalue weighted by Crippen LogP contribution is -2.36. The largest absolute Gasteiger partial charge is 0.378 e. The molecule has 2 amide bonds. The van der Waals surface area contributed by atoms with Crippen molar-refractivity contribution in [1.29, 1.82) is 0 Å². The van der Waals surface area contributed by atoms with Crippen LogP contribution in [0.3, 0.4) is 0 Å². The first kappa shape index (κ1) is 21.3. The molecule has 1 N–H and O–H groups in total. The van der Waals surface area contributed by atoms with Gasteiger partial charge in [0.25, 0.3) is 0 Å². The van der Waals surface area contributed by atoms with Crippen molar-refractivity contribution >= 4 is 29.0 Å². The van der Waals surface area contributed by atoms with Crippen LogP contribution in [0.5, 0.6) is 0 Å². The highest BCUT2D eigenvalue weighted by molar-refractivity contribution is 6.03. The minimum absolute atomic E-state index is 0.00784. The molecule has 7 nitrogen and oxygen atoms in total. The molecule has 1 aromatic carbocycles. The highest BCUT2D eigenvalue weighted by atomic mass is 16.5. The summed E-state index contributed by atoms with van der Waals surface area (Å²) in [6.07, 6.45) is 2.98. The molecule has 4 rings (SSSR count). The summed E-state index contributed by atoms with van der Waals surface area (Å²) in [5.74, 6) is 0.298. The Morgan fingerprint density at radius 1 is 1.23 bits per heavy atom. The molecule has 2 aliphatic rings. The Morgan fingerprint density at radius 3 is 2.71 bits per heavy atom. The molecule has 0 aliphatic carbocycles. The van der Waals surface area contributed by atoms with Gasteiger partial charge in [-0.05, 0) is 36.1 Å². The van der Waals surface area contributed by atoms with Crippen LogP contribution < -0.4 is 15.1 Å². The van der Waals surface area contributed by atoms with E-state index in [1.165, 1.54) is 0 Å². The Morgan fingerprint density at radius 2 is 2.00 bits per heavy atom. The van der Waals surface area contributed by atoms with Crippen LogP contribution in [-0.4, -0.2) is 49.6 Å². The van der Waals surface area contributed by atoms with Crippen molar-refractivity contribution in [3.05, 3.63) is 48.2 Å². The summed E-state index contributed by atoms with van der Waals surface area (Å²) in [5.41, 5.74) is 3.09. The van der Waals surface area contributed by atoms with E-state index in [1.54, 1.807) is 11.1 Å². The maximum atomic E-state index is 12.8. The third kappa shape index (κ3) is 4.71. The molecule has 2 unspecified atom stereocenters. The minimum Gasteiger partial charge on any atom is -0.378 e. The highest BCUT2D eigenvalue weighted by Gasteiger charge is 2.36. The van der Waals surface area contributed by atoms with Crippen LogP contribution in [0, 0.1) is 5.92 Å². The van der Waals surface area contributed by atoms with E-state index in [-0.39, 0.29) is 18.2 Å². The molecular weight excluding hydrogens is 392 g/mol. The van der Waals surface area contributed by atoms with E-state index in [0.717, 1.165) is 36.4 Å². The second-order valence-corrected chi connectivity index (χ2v) is 8.26. The van der Waals surface area contributed by atoms with Crippen molar-refractivity contribution in [3.63, 3.8) is 0 Å². The summed E-state index contributed by atoms with van der Waals surface area (Å²) in [6.45, 7) is 7.80. The average Bonchev–Trinajstić information content (AvgIpc) is 3.21. The summed E-state index contributed by atoms with van der Waals surface area (Å²) in [4.78, 5) is 34.0. The summed E-state index contributed by atoms with van der Waals surface area (Å²) in [5, 5.41) is 2.88. The lowest BCUT2D eigenvalue weighted by molar-refractivity contribution is -0.122. The van der Waals surface area contributed by atoms with Gasteiger partial charge in [-0.3, -0.25) is 9.59 Å². The normalized spacial score (nSPS) is 20.1. The second kappa shape index (κ2) is 9.47. The van der Waals surface area contributed by atoms with Crippen molar-refractivity contribution in [2.24, 2.45) is 5.92 Å². The first-order valence-corrected chi connectivity index (χ1v) is 11.1. The Balaban J connectivity index is 1.41. The first-order valence-electron chi connectivity index (χ1n) is 11.1. The van der Waals surface area contributed by atoms with Crippen LogP contribution in [0.4, 0.5) is 17.2 Å². The first-order chi connectivity index (χ1) is 15.1. The molecule has 164 valence electrons. The third-order valence-electron chi connectivity index (χ3n) is 6.24. The molecule has 0 saturated carbocycles. The zero-order valence-corrected chi connectivity index (χ0v) is 18.2. The number of hydrogen-bond acceptors (Lipinski definition) is 5. The molecule has 31 heavy (non-hydrogen) atoms. The van der Waals surface area contributed by atoms with Crippen LogP contribution in [0.2, 0.25) is 0 Å². The molecule has 3 heterocycles. The van der Waals surface area contributed by atoms with Crippen LogP contribution in [0.25, 0.3) is 0 Å². The van der Waals surface area contributed by atoms with Gasteiger partial charge in [-0.1, -0.05) is 32.0 Å². The Kier molecular flexibility index (Phi) is 6.51. The maximum absolute atomic E-state index is 12.8. The average molecular weight is 423 g/mol. The van der Waals surface area contributed by atoms with Crippen molar-refractivity contribution in [3.8, 4) is 0 Å². The van der Waals surface area contributed by atoms with Crippen molar-refractivity contribution in [2.45, 2.75) is 32.6 Å². The van der Waals surface area contributed by atoms with Crippen LogP contribution in [0.1, 0.15) is 38.2 Å². The molecule has 1 aromatic heterocycles. The fraction of sp³-hybridized carbons (Fsp3) is 0.458. The number of morpholine rings is 1. The van der Waals surface area contributed by atoms with Gasteiger partial charge in [0.15, 0.2) is 0 Å². The smallest absolute Gasteiger partial charge is 0.230 e. The number of carbonyl (C=O) groups excluding carboxylic acids is 2. The molecule has 2 aromatic rings. The van der Waals surface area contributed by atoms with Gasteiger partial charge in [-0.15, -0.1) is 0 Å². The lowest BCUT2D eigenvalue weighted by Gasteiger charge is -2.28. The Bertz CT molecular complexity index is 925. The van der Waals surface area contributed by atoms with E-state index in [2.05, 4.69) is 35.1 Å². The number of carbonyl (C=O) groups is 2. The number of pyridine rings is 1. The molecule has 2 atom stereocenters. The number of nitrogens with zero attached hydrogens (tertiary/aromatic N) is 3. The van der Waals surface area contributed by atoms with E-state index in [9.17, 15) is 9.59 Å². The standard InChI is InChI=1S/C24H30N4O3/c1-3-17(2)20-6-4-5-7-21(20)28-16-18(14-23(28)29)24(30)26-22-9-8-19(15-25-22)27-10-12-31-13-11-27/h4-9,15,17-18H,3,10-14,16H2,1-2H3,(H,25,26,30). The highest BCUT2D eigenvalue weighted by Crippen LogP contribution is 2.33. The molecule has 0 bridgehead atoms. The van der Waals surface area contributed by atoms with Crippen molar-refractivity contribution < 1.29 is 14.3 Å². The number of hydrogen-bond donors (Lipinski definition) is 1. The van der Waals surface area contributed by atoms with Crippen LogP contribution >= 0.6 is 0 Å². The van der Waals surface area contributed by atoms with Gasteiger partial charge in [0.2, 0.25) is 11.8 Å². The number of amides is 2. The zero-order valence-electron chi connectivity index (χ0n) is 18.2. The monoisotopic (exact) mass is 422 g/mol. The summed E-state index contributed by atoms with van der Waals surface area (Å²) >= 11 is 0. The molecule has 0 radical (unpaired) electrons. The fourth-order valence-corrected chi connectivity index (χ4v) is 4.18. The molecular formula is C24H30N4O3. The maximum Gasteiger partial charge on any atom is 0.230 e. The van der Waals surface area contributed by atoms with Gasteiger partial charge >= 0.3 is 0 Å². The second-order valence-electron chi connectivity index (χ2n) is 8.26. The van der Waals surface area contributed by atoms with E-state index in [1.807, 2.05) is 30.3 Å². The van der Waals surface area contributed by atoms with Crippen molar-refractivity contribution in [1.82, 2.24) is 4.98 Å². The predicted octanol–water partition coefficient (Wildman–Crippen LogP) is 3.42. The Hall–Kier alpha value is -2.93. The topological polar surface area (TPSA) is 74.8 Å². The minimum atomic E-state index is -0.391. The number of benzene rings is 1. The van der Waals surface area contributed by atoms with Gasteiger partial charge < -0.3 is 19.9 Å². The van der Waals surface area contributed by atoms with Gasteiger partial charge in [0.05, 0.1) is 31.0 Å². The molecule has 0 spiro atoms. The molecule has 2 saturated heterocycles. The summed E-state index contributed by atoms with van der Waals surface area (Å²) in [6, 6.07) is 11.8.